The number of aliphatic hydroxyl groups excluding tert-OH is 1. The molecule has 27 heavy (non-hydrogen) atoms. The molecule has 0 spiro atoms. The van der Waals surface area contributed by atoms with Crippen LogP contribution >= 0.6 is 35.6 Å². The van der Waals surface area contributed by atoms with Crippen molar-refractivity contribution in [3.8, 4) is 0 Å². The molecule has 0 heterocycles. The number of hydrogen-bond donors (Lipinski definition) is 3. The molecule has 0 aromatic heterocycles. The van der Waals surface area contributed by atoms with Gasteiger partial charge >= 0.3 is 0 Å². The van der Waals surface area contributed by atoms with E-state index in [0.717, 1.165) is 49.9 Å². The van der Waals surface area contributed by atoms with E-state index in [1.807, 2.05) is 12.1 Å². The van der Waals surface area contributed by atoms with Crippen molar-refractivity contribution in [3.63, 3.8) is 0 Å². The van der Waals surface area contributed by atoms with E-state index >= 15 is 0 Å². The lowest BCUT2D eigenvalue weighted by molar-refractivity contribution is 0.253. The van der Waals surface area contributed by atoms with Gasteiger partial charge in [0.2, 0.25) is 0 Å². The van der Waals surface area contributed by atoms with Crippen LogP contribution in [0.2, 0.25) is 5.02 Å². The summed E-state index contributed by atoms with van der Waals surface area (Å²) in [6, 6.07) is 8.21. The molecule has 3 N–H and O–H groups in total. The van der Waals surface area contributed by atoms with Crippen LogP contribution in [0.15, 0.2) is 29.3 Å². The Labute approximate surface area is 187 Å². The Morgan fingerprint density at radius 1 is 1.15 bits per heavy atom. The summed E-state index contributed by atoms with van der Waals surface area (Å²) >= 11 is 6.01. The Bertz CT molecular complexity index is 519. The zero-order valence-electron chi connectivity index (χ0n) is 17.0. The Hall–Kier alpha value is -0.570. The molecule has 7 heteroatoms. The minimum absolute atomic E-state index is 0. The van der Waals surface area contributed by atoms with Crippen LogP contribution in [0.3, 0.4) is 0 Å². The zero-order valence-corrected chi connectivity index (χ0v) is 20.1. The average Bonchev–Trinajstić information content (AvgIpc) is 2.61. The van der Waals surface area contributed by atoms with Crippen molar-refractivity contribution >= 4 is 41.5 Å². The second-order valence-electron chi connectivity index (χ2n) is 6.80. The van der Waals surface area contributed by atoms with Gasteiger partial charge in [-0.15, -0.1) is 24.0 Å². The van der Waals surface area contributed by atoms with Gasteiger partial charge in [0.15, 0.2) is 5.96 Å². The number of halogens is 2. The first kappa shape index (κ1) is 26.4. The third kappa shape index (κ3) is 10.5. The lowest BCUT2D eigenvalue weighted by Crippen LogP contribution is -2.42. The normalized spacial score (nSPS) is 13.8. The fraction of sp³-hybridized carbons (Fsp3) is 0.650. The molecular formula is C20H36ClIN4O. The van der Waals surface area contributed by atoms with Crippen LogP contribution in [-0.4, -0.2) is 56.3 Å². The molecular weight excluding hydrogens is 475 g/mol. The summed E-state index contributed by atoms with van der Waals surface area (Å²) in [4.78, 5) is 6.92. The van der Waals surface area contributed by atoms with Crippen LogP contribution in [0, 0.1) is 5.92 Å². The Morgan fingerprint density at radius 2 is 1.81 bits per heavy atom. The number of guanidine groups is 1. The molecule has 0 aliphatic rings. The molecule has 0 fully saturated rings. The fourth-order valence-corrected chi connectivity index (χ4v) is 3.08. The summed E-state index contributed by atoms with van der Waals surface area (Å²) in [6.45, 7) is 6.76. The van der Waals surface area contributed by atoms with Gasteiger partial charge in [-0.25, -0.2) is 0 Å². The van der Waals surface area contributed by atoms with Crippen LogP contribution in [-0.2, 0) is 0 Å². The number of nitrogens with one attached hydrogen (secondary N) is 2. The van der Waals surface area contributed by atoms with Crippen molar-refractivity contribution in [1.29, 1.82) is 0 Å². The van der Waals surface area contributed by atoms with E-state index in [-0.39, 0.29) is 36.6 Å². The first-order valence-corrected chi connectivity index (χ1v) is 9.94. The molecule has 0 amide bonds. The molecule has 1 aromatic rings. The van der Waals surface area contributed by atoms with E-state index in [0.29, 0.717) is 5.92 Å². The summed E-state index contributed by atoms with van der Waals surface area (Å²) < 4.78 is 0. The summed E-state index contributed by atoms with van der Waals surface area (Å²) in [5.41, 5.74) is 1.21. The van der Waals surface area contributed by atoms with E-state index in [9.17, 15) is 5.11 Å². The Morgan fingerprint density at radius 3 is 2.33 bits per heavy atom. The summed E-state index contributed by atoms with van der Waals surface area (Å²) in [6.07, 6.45) is 3.01. The number of nitrogens with zero attached hydrogens (tertiary/aromatic N) is 2. The number of aliphatic hydroxyl groups is 1. The molecule has 156 valence electrons. The molecule has 0 aliphatic carbocycles. The van der Waals surface area contributed by atoms with Crippen molar-refractivity contribution in [1.82, 2.24) is 15.5 Å². The number of likely N-dealkylation sites (N-methyl/N-ethyl adjacent to an activating group) is 1. The molecule has 0 radical (unpaired) electrons. The first-order chi connectivity index (χ1) is 12.5. The van der Waals surface area contributed by atoms with Gasteiger partial charge in [0.25, 0.3) is 0 Å². The van der Waals surface area contributed by atoms with E-state index in [4.69, 9.17) is 16.6 Å². The van der Waals surface area contributed by atoms with Crippen LogP contribution in [0.1, 0.15) is 44.7 Å². The second-order valence-corrected chi connectivity index (χ2v) is 7.23. The number of aliphatic imine (C=N–C) groups is 1. The van der Waals surface area contributed by atoms with Crippen LogP contribution in [0.4, 0.5) is 0 Å². The molecule has 0 bridgehead atoms. The minimum atomic E-state index is 0. The highest BCUT2D eigenvalue weighted by Crippen LogP contribution is 2.19. The van der Waals surface area contributed by atoms with Gasteiger partial charge in [0.1, 0.15) is 0 Å². The van der Waals surface area contributed by atoms with Crippen molar-refractivity contribution < 1.29 is 5.11 Å². The van der Waals surface area contributed by atoms with Crippen LogP contribution in [0.5, 0.6) is 0 Å². The summed E-state index contributed by atoms with van der Waals surface area (Å²) in [5, 5.41) is 16.7. The Balaban J connectivity index is 0.00000676. The fourth-order valence-electron chi connectivity index (χ4n) is 2.96. The predicted molar refractivity (Wildman–Crippen MR) is 127 cm³/mol. The van der Waals surface area contributed by atoms with Gasteiger partial charge in [0.05, 0.1) is 6.04 Å². The van der Waals surface area contributed by atoms with Crippen molar-refractivity contribution in [2.24, 2.45) is 10.9 Å². The number of hydrogen-bond acceptors (Lipinski definition) is 3. The van der Waals surface area contributed by atoms with Gasteiger partial charge in [0, 0.05) is 31.3 Å². The van der Waals surface area contributed by atoms with Gasteiger partial charge in [-0.05, 0) is 57.5 Å². The van der Waals surface area contributed by atoms with Gasteiger partial charge in [-0.3, -0.25) is 4.99 Å². The van der Waals surface area contributed by atoms with Gasteiger partial charge in [-0.2, -0.15) is 0 Å². The predicted octanol–water partition coefficient (Wildman–Crippen LogP) is 3.91. The van der Waals surface area contributed by atoms with E-state index < -0.39 is 0 Å². The highest BCUT2D eigenvalue weighted by molar-refractivity contribution is 14.0. The lowest BCUT2D eigenvalue weighted by Gasteiger charge is -2.26. The largest absolute Gasteiger partial charge is 0.396 e. The Kier molecular flexibility index (Phi) is 15.0. The molecule has 5 nitrogen and oxygen atoms in total. The van der Waals surface area contributed by atoms with Crippen molar-refractivity contribution in [2.45, 2.75) is 39.2 Å². The maximum absolute atomic E-state index is 9.22. The third-order valence-corrected chi connectivity index (χ3v) is 4.68. The topological polar surface area (TPSA) is 59.9 Å². The van der Waals surface area contributed by atoms with Crippen molar-refractivity contribution in [3.05, 3.63) is 34.9 Å². The second kappa shape index (κ2) is 15.4. The minimum Gasteiger partial charge on any atom is -0.396 e. The summed E-state index contributed by atoms with van der Waals surface area (Å²) in [5.74, 6) is 1.26. The molecule has 0 aliphatic heterocycles. The standard InChI is InChI=1S/C20H35ClN4O.HI/c1-5-7-16(12-13-26)14-23-20(22-6-2)24-15-19(25(3)4)17-8-10-18(21)11-9-17;/h8-11,16,19,26H,5-7,12-15H2,1-4H3,(H2,22,23,24);1H. The van der Waals surface area contributed by atoms with Gasteiger partial charge < -0.3 is 20.6 Å². The zero-order chi connectivity index (χ0) is 19.4. The summed E-state index contributed by atoms with van der Waals surface area (Å²) in [7, 11) is 4.15. The van der Waals surface area contributed by atoms with Crippen molar-refractivity contribution in [2.75, 3.05) is 40.3 Å². The van der Waals surface area contributed by atoms with E-state index in [1.165, 1.54) is 5.56 Å². The smallest absolute Gasteiger partial charge is 0.191 e. The maximum Gasteiger partial charge on any atom is 0.191 e. The number of benzene rings is 1. The molecule has 2 atom stereocenters. The third-order valence-electron chi connectivity index (χ3n) is 4.43. The van der Waals surface area contributed by atoms with Gasteiger partial charge in [-0.1, -0.05) is 37.1 Å². The first-order valence-electron chi connectivity index (χ1n) is 9.56. The molecule has 0 saturated carbocycles. The molecule has 1 aromatic carbocycles. The molecule has 1 rings (SSSR count). The highest BCUT2D eigenvalue weighted by atomic mass is 127. The highest BCUT2D eigenvalue weighted by Gasteiger charge is 2.15. The maximum atomic E-state index is 9.22. The molecule has 2 unspecified atom stereocenters. The SMILES string of the molecule is CCCC(CCO)CN=C(NCC)NCC(c1ccc(Cl)cc1)N(C)C.I. The van der Waals surface area contributed by atoms with E-state index in [1.54, 1.807) is 0 Å². The monoisotopic (exact) mass is 510 g/mol. The van der Waals surface area contributed by atoms with Crippen LogP contribution in [0.25, 0.3) is 0 Å². The van der Waals surface area contributed by atoms with E-state index in [2.05, 4.69) is 55.6 Å². The molecule has 0 saturated heterocycles. The number of rotatable bonds is 11. The quantitative estimate of drug-likeness (QED) is 0.240. The lowest BCUT2D eigenvalue weighted by atomic mass is 10.0. The van der Waals surface area contributed by atoms with Crippen LogP contribution < -0.4 is 10.6 Å². The average molecular weight is 511 g/mol.